The summed E-state index contributed by atoms with van der Waals surface area (Å²) in [5.41, 5.74) is -0.0465. The van der Waals surface area contributed by atoms with E-state index in [2.05, 4.69) is 0 Å². The molecule has 4 nitrogen and oxygen atoms in total. The van der Waals surface area contributed by atoms with Crippen molar-refractivity contribution in [2.45, 2.75) is 31.5 Å². The van der Waals surface area contributed by atoms with Crippen LogP contribution in [0.25, 0.3) is 6.08 Å². The summed E-state index contributed by atoms with van der Waals surface area (Å²) in [6.07, 6.45) is -0.432. The van der Waals surface area contributed by atoms with Gasteiger partial charge in [0, 0.05) is 24.7 Å². The molecule has 158 valence electrons. The fraction of sp³-hybridized carbons (Fsp3) is 0.304. The van der Waals surface area contributed by atoms with E-state index in [-0.39, 0.29) is 11.5 Å². The number of esters is 1. The van der Waals surface area contributed by atoms with E-state index in [1.54, 1.807) is 35.2 Å². The molecular weight excluding hydrogens is 395 g/mol. The predicted molar refractivity (Wildman–Crippen MR) is 106 cm³/mol. The second-order valence-electron chi connectivity index (χ2n) is 7.07. The number of likely N-dealkylation sites (tertiary alicyclic amines) is 1. The maximum Gasteiger partial charge on any atom is 0.416 e. The number of carbonyl (C=O) groups excluding carboxylic acids is 2. The first-order chi connectivity index (χ1) is 14.3. The minimum atomic E-state index is -4.47. The van der Waals surface area contributed by atoms with Crippen molar-refractivity contribution in [1.29, 1.82) is 0 Å². The molecule has 1 atom stereocenters. The van der Waals surface area contributed by atoms with Gasteiger partial charge in [-0.05, 0) is 43.0 Å². The Hall–Kier alpha value is -3.09. The standard InChI is InChI=1S/C23H22F3NO3/c24-23(25,26)19-11-7-8-17(16-19)12-13-20(28)30-21(18-9-3-1-4-10-18)22(29)27-14-5-2-6-15-27/h1,3-4,7-13,16,21H,2,5-6,14-15H2/b13-12+/t21-/m0/s1. The number of ether oxygens (including phenoxy) is 1. The van der Waals surface area contributed by atoms with E-state index >= 15 is 0 Å². The van der Waals surface area contributed by atoms with Crippen LogP contribution in [-0.2, 0) is 20.5 Å². The first-order valence-electron chi connectivity index (χ1n) is 9.74. The SMILES string of the molecule is O=C(/C=C/c1cccc(C(F)(F)F)c1)O[C@H](C(=O)N1CCCCC1)c1ccccc1. The summed E-state index contributed by atoms with van der Waals surface area (Å²) in [6, 6.07) is 13.3. The number of carbonyl (C=O) groups is 2. The number of rotatable bonds is 5. The van der Waals surface area contributed by atoms with Gasteiger partial charge < -0.3 is 9.64 Å². The summed E-state index contributed by atoms with van der Waals surface area (Å²) < 4.78 is 43.9. The van der Waals surface area contributed by atoms with Crippen molar-refractivity contribution in [3.05, 3.63) is 77.4 Å². The fourth-order valence-electron chi connectivity index (χ4n) is 3.31. The van der Waals surface area contributed by atoms with Crippen molar-refractivity contribution in [1.82, 2.24) is 4.90 Å². The summed E-state index contributed by atoms with van der Waals surface area (Å²) in [5, 5.41) is 0. The molecule has 0 N–H and O–H groups in total. The van der Waals surface area contributed by atoms with Gasteiger partial charge in [0.2, 0.25) is 6.10 Å². The van der Waals surface area contributed by atoms with Crippen molar-refractivity contribution in [3.63, 3.8) is 0 Å². The average Bonchev–Trinajstić information content (AvgIpc) is 2.76. The van der Waals surface area contributed by atoms with Crippen molar-refractivity contribution in [3.8, 4) is 0 Å². The molecule has 2 aromatic carbocycles. The number of hydrogen-bond donors (Lipinski definition) is 0. The minimum absolute atomic E-state index is 0.209. The van der Waals surface area contributed by atoms with E-state index in [0.717, 1.165) is 37.5 Å². The first kappa shape index (κ1) is 21.6. The second kappa shape index (κ2) is 9.61. The first-order valence-corrected chi connectivity index (χ1v) is 9.74. The topological polar surface area (TPSA) is 46.6 Å². The molecule has 1 fully saturated rings. The summed E-state index contributed by atoms with van der Waals surface area (Å²) in [6.45, 7) is 1.22. The van der Waals surface area contributed by atoms with Crippen LogP contribution in [0.4, 0.5) is 13.2 Å². The Balaban J connectivity index is 1.75. The number of halogens is 3. The molecule has 0 unspecified atom stereocenters. The van der Waals surface area contributed by atoms with Gasteiger partial charge in [0.25, 0.3) is 5.91 Å². The smallest absolute Gasteiger partial charge is 0.416 e. The lowest BCUT2D eigenvalue weighted by Crippen LogP contribution is -2.40. The summed E-state index contributed by atoms with van der Waals surface area (Å²) in [4.78, 5) is 27.0. The van der Waals surface area contributed by atoms with Gasteiger partial charge in [0.15, 0.2) is 0 Å². The Morgan fingerprint density at radius 1 is 0.967 bits per heavy atom. The lowest BCUT2D eigenvalue weighted by molar-refractivity contribution is -0.157. The molecule has 0 aliphatic carbocycles. The third-order valence-electron chi connectivity index (χ3n) is 4.85. The third kappa shape index (κ3) is 5.72. The molecule has 0 bridgehead atoms. The molecule has 0 spiro atoms. The van der Waals surface area contributed by atoms with Crippen LogP contribution in [0.1, 0.15) is 42.1 Å². The van der Waals surface area contributed by atoms with Crippen LogP contribution in [0.15, 0.2) is 60.7 Å². The van der Waals surface area contributed by atoms with Crippen LogP contribution in [0.2, 0.25) is 0 Å². The lowest BCUT2D eigenvalue weighted by atomic mass is 10.1. The highest BCUT2D eigenvalue weighted by atomic mass is 19.4. The molecule has 1 saturated heterocycles. The number of benzene rings is 2. The molecule has 2 aromatic rings. The lowest BCUT2D eigenvalue weighted by Gasteiger charge is -2.30. The van der Waals surface area contributed by atoms with Crippen LogP contribution in [0.5, 0.6) is 0 Å². The molecular formula is C23H22F3NO3. The number of piperidine rings is 1. The van der Waals surface area contributed by atoms with E-state index in [1.807, 2.05) is 0 Å². The molecule has 3 rings (SSSR count). The Morgan fingerprint density at radius 3 is 2.33 bits per heavy atom. The summed E-state index contributed by atoms with van der Waals surface area (Å²) in [5.74, 6) is -1.09. The average molecular weight is 417 g/mol. The van der Waals surface area contributed by atoms with Crippen LogP contribution >= 0.6 is 0 Å². The zero-order valence-corrected chi connectivity index (χ0v) is 16.3. The highest BCUT2D eigenvalue weighted by Gasteiger charge is 2.31. The zero-order valence-electron chi connectivity index (χ0n) is 16.3. The van der Waals surface area contributed by atoms with E-state index in [1.165, 1.54) is 18.2 Å². The highest BCUT2D eigenvalue weighted by Crippen LogP contribution is 2.30. The van der Waals surface area contributed by atoms with Gasteiger partial charge in [-0.15, -0.1) is 0 Å². The minimum Gasteiger partial charge on any atom is -0.444 e. The van der Waals surface area contributed by atoms with E-state index in [0.29, 0.717) is 18.7 Å². The largest absolute Gasteiger partial charge is 0.444 e. The Labute approximate surface area is 173 Å². The van der Waals surface area contributed by atoms with Gasteiger partial charge in [-0.1, -0.05) is 42.5 Å². The quantitative estimate of drug-likeness (QED) is 0.507. The molecule has 7 heteroatoms. The van der Waals surface area contributed by atoms with Gasteiger partial charge in [-0.2, -0.15) is 13.2 Å². The molecule has 0 radical (unpaired) electrons. The maximum absolute atomic E-state index is 13.0. The maximum atomic E-state index is 13.0. The summed E-state index contributed by atoms with van der Waals surface area (Å²) >= 11 is 0. The normalized spacial score (nSPS) is 15.8. The third-order valence-corrected chi connectivity index (χ3v) is 4.85. The molecule has 1 aliphatic heterocycles. The predicted octanol–water partition coefficient (Wildman–Crippen LogP) is 5.02. The molecule has 1 heterocycles. The zero-order chi connectivity index (χ0) is 21.6. The fourth-order valence-corrected chi connectivity index (χ4v) is 3.31. The highest BCUT2D eigenvalue weighted by molar-refractivity contribution is 5.91. The van der Waals surface area contributed by atoms with Crippen LogP contribution in [0.3, 0.4) is 0 Å². The number of alkyl halides is 3. The van der Waals surface area contributed by atoms with Crippen LogP contribution < -0.4 is 0 Å². The van der Waals surface area contributed by atoms with E-state index < -0.39 is 23.8 Å². The van der Waals surface area contributed by atoms with Crippen molar-refractivity contribution in [2.75, 3.05) is 13.1 Å². The van der Waals surface area contributed by atoms with Crippen molar-refractivity contribution < 1.29 is 27.5 Å². The molecule has 0 saturated carbocycles. The summed E-state index contributed by atoms with van der Waals surface area (Å²) in [7, 11) is 0. The monoisotopic (exact) mass is 417 g/mol. The van der Waals surface area contributed by atoms with Crippen LogP contribution in [-0.4, -0.2) is 29.9 Å². The van der Waals surface area contributed by atoms with Gasteiger partial charge in [0.1, 0.15) is 0 Å². The van der Waals surface area contributed by atoms with Gasteiger partial charge in [0.05, 0.1) is 5.56 Å². The molecule has 30 heavy (non-hydrogen) atoms. The van der Waals surface area contributed by atoms with Gasteiger partial charge in [-0.3, -0.25) is 4.79 Å². The number of nitrogens with zero attached hydrogens (tertiary/aromatic N) is 1. The Morgan fingerprint density at radius 2 is 1.67 bits per heavy atom. The molecule has 1 amide bonds. The molecule has 1 aliphatic rings. The van der Waals surface area contributed by atoms with Gasteiger partial charge in [-0.25, -0.2) is 4.79 Å². The molecule has 0 aromatic heterocycles. The van der Waals surface area contributed by atoms with E-state index in [9.17, 15) is 22.8 Å². The van der Waals surface area contributed by atoms with Crippen molar-refractivity contribution >= 4 is 18.0 Å². The number of amides is 1. The van der Waals surface area contributed by atoms with Gasteiger partial charge >= 0.3 is 12.1 Å². The number of hydrogen-bond acceptors (Lipinski definition) is 3. The second-order valence-corrected chi connectivity index (χ2v) is 7.07. The Kier molecular flexibility index (Phi) is 6.92. The van der Waals surface area contributed by atoms with Crippen LogP contribution in [0, 0.1) is 0 Å². The Bertz CT molecular complexity index is 903. The van der Waals surface area contributed by atoms with E-state index in [4.69, 9.17) is 4.74 Å². The van der Waals surface area contributed by atoms with Crippen molar-refractivity contribution in [2.24, 2.45) is 0 Å².